The summed E-state index contributed by atoms with van der Waals surface area (Å²) >= 11 is 5.05. The summed E-state index contributed by atoms with van der Waals surface area (Å²) in [5.74, 6) is 0.727. The molecule has 4 rings (SSSR count). The number of halogens is 1. The Morgan fingerprint density at radius 1 is 1.09 bits per heavy atom. The van der Waals surface area contributed by atoms with Crippen LogP contribution in [-0.2, 0) is 0 Å². The fraction of sp³-hybridized carbons (Fsp3) is 0.0667. The first-order valence-electron chi connectivity index (χ1n) is 6.62. The summed E-state index contributed by atoms with van der Waals surface area (Å²) < 4.78 is 2.75. The summed E-state index contributed by atoms with van der Waals surface area (Å²) in [4.78, 5) is 5.08. The van der Waals surface area contributed by atoms with Crippen LogP contribution < -0.4 is 0 Å². The summed E-state index contributed by atoms with van der Waals surface area (Å²) in [5, 5.41) is 14.0. The lowest BCUT2D eigenvalue weighted by Gasteiger charge is -2.00. The maximum absolute atomic E-state index is 4.64. The van der Waals surface area contributed by atoms with E-state index in [-0.39, 0.29) is 0 Å². The number of hydrogen-bond acceptors (Lipinski definition) is 5. The molecule has 0 aliphatic carbocycles. The molecule has 4 aromatic rings. The maximum atomic E-state index is 4.64. The SMILES string of the molecule is Cc1ccc(-c2nn3c(-c4ccccc4Br)nnc3s2)cn1. The topological polar surface area (TPSA) is 56.0 Å². The zero-order valence-electron chi connectivity index (χ0n) is 11.6. The molecule has 7 heteroatoms. The van der Waals surface area contributed by atoms with Gasteiger partial charge in [0.2, 0.25) is 4.96 Å². The Balaban J connectivity index is 1.86. The molecule has 0 bridgehead atoms. The van der Waals surface area contributed by atoms with E-state index in [1.807, 2.05) is 49.5 Å². The summed E-state index contributed by atoms with van der Waals surface area (Å²) in [6.07, 6.45) is 1.83. The van der Waals surface area contributed by atoms with Crippen LogP contribution in [0.5, 0.6) is 0 Å². The van der Waals surface area contributed by atoms with Gasteiger partial charge in [-0.3, -0.25) is 4.98 Å². The van der Waals surface area contributed by atoms with Crippen molar-refractivity contribution < 1.29 is 0 Å². The number of rotatable bonds is 2. The van der Waals surface area contributed by atoms with Crippen molar-refractivity contribution in [2.45, 2.75) is 6.92 Å². The minimum absolute atomic E-state index is 0.727. The third-order valence-corrected chi connectivity index (χ3v) is 4.90. The zero-order chi connectivity index (χ0) is 15.1. The second kappa shape index (κ2) is 5.26. The Morgan fingerprint density at radius 3 is 2.73 bits per heavy atom. The Kier molecular flexibility index (Phi) is 3.24. The minimum atomic E-state index is 0.727. The molecule has 0 radical (unpaired) electrons. The first kappa shape index (κ1) is 13.5. The molecular weight excluding hydrogens is 362 g/mol. The molecule has 22 heavy (non-hydrogen) atoms. The number of aryl methyl sites for hydroxylation is 1. The van der Waals surface area contributed by atoms with Crippen LogP contribution in [0.25, 0.3) is 26.9 Å². The summed E-state index contributed by atoms with van der Waals surface area (Å²) in [6.45, 7) is 1.97. The van der Waals surface area contributed by atoms with Gasteiger partial charge in [0.15, 0.2) is 5.82 Å². The molecule has 1 aromatic carbocycles. The third-order valence-electron chi connectivity index (χ3n) is 3.26. The van der Waals surface area contributed by atoms with E-state index in [0.29, 0.717) is 0 Å². The maximum Gasteiger partial charge on any atom is 0.235 e. The highest BCUT2D eigenvalue weighted by molar-refractivity contribution is 9.10. The van der Waals surface area contributed by atoms with E-state index in [4.69, 9.17) is 0 Å². The molecule has 3 heterocycles. The largest absolute Gasteiger partial charge is 0.261 e. The van der Waals surface area contributed by atoms with Crippen LogP contribution in [0.3, 0.4) is 0 Å². The van der Waals surface area contributed by atoms with E-state index in [2.05, 4.69) is 36.2 Å². The fourth-order valence-electron chi connectivity index (χ4n) is 2.14. The number of aromatic nitrogens is 5. The molecular formula is C15H10BrN5S. The predicted molar refractivity (Wildman–Crippen MR) is 89.8 cm³/mol. The van der Waals surface area contributed by atoms with Gasteiger partial charge in [0.25, 0.3) is 0 Å². The van der Waals surface area contributed by atoms with Crippen molar-refractivity contribution in [3.8, 4) is 22.0 Å². The van der Waals surface area contributed by atoms with Gasteiger partial charge >= 0.3 is 0 Å². The first-order chi connectivity index (χ1) is 10.7. The molecule has 3 aromatic heterocycles. The average molecular weight is 372 g/mol. The van der Waals surface area contributed by atoms with Crippen LogP contribution >= 0.6 is 27.3 Å². The Labute approximate surface area is 138 Å². The van der Waals surface area contributed by atoms with Gasteiger partial charge in [-0.05, 0) is 31.2 Å². The highest BCUT2D eigenvalue weighted by Gasteiger charge is 2.16. The summed E-state index contributed by atoms with van der Waals surface area (Å²) in [7, 11) is 0. The van der Waals surface area contributed by atoms with Gasteiger partial charge < -0.3 is 0 Å². The quantitative estimate of drug-likeness (QED) is 0.534. The first-order valence-corrected chi connectivity index (χ1v) is 8.23. The molecule has 0 spiro atoms. The summed E-state index contributed by atoms with van der Waals surface area (Å²) in [6, 6.07) is 11.9. The van der Waals surface area contributed by atoms with Gasteiger partial charge in [0, 0.05) is 27.5 Å². The van der Waals surface area contributed by atoms with Crippen molar-refractivity contribution in [2.75, 3.05) is 0 Å². The number of nitrogens with zero attached hydrogens (tertiary/aromatic N) is 5. The fourth-order valence-corrected chi connectivity index (χ4v) is 3.43. The molecule has 5 nitrogen and oxygen atoms in total. The standard InChI is InChI=1S/C15H10BrN5S/c1-9-6-7-10(8-17-9)14-20-21-13(18-19-15(21)22-14)11-4-2-3-5-12(11)16/h2-8H,1H3. The predicted octanol–water partition coefficient (Wildman–Crippen LogP) is 3.99. The Morgan fingerprint density at radius 2 is 1.95 bits per heavy atom. The van der Waals surface area contributed by atoms with Crippen LogP contribution in [0.15, 0.2) is 47.1 Å². The number of hydrogen-bond donors (Lipinski definition) is 0. The van der Waals surface area contributed by atoms with E-state index >= 15 is 0 Å². The molecule has 0 aliphatic rings. The van der Waals surface area contributed by atoms with Gasteiger partial charge in [0.05, 0.1) is 0 Å². The lowest BCUT2D eigenvalue weighted by molar-refractivity contribution is 0.968. The van der Waals surface area contributed by atoms with Crippen molar-refractivity contribution in [3.63, 3.8) is 0 Å². The lowest BCUT2D eigenvalue weighted by atomic mass is 10.2. The molecule has 0 saturated carbocycles. The lowest BCUT2D eigenvalue weighted by Crippen LogP contribution is -1.92. The van der Waals surface area contributed by atoms with E-state index in [0.717, 1.165) is 37.1 Å². The average Bonchev–Trinajstić information content (AvgIpc) is 3.09. The van der Waals surface area contributed by atoms with Gasteiger partial charge in [-0.15, -0.1) is 10.2 Å². The number of benzene rings is 1. The van der Waals surface area contributed by atoms with Crippen molar-refractivity contribution >= 4 is 32.2 Å². The van der Waals surface area contributed by atoms with Gasteiger partial charge in [-0.2, -0.15) is 9.61 Å². The molecule has 0 unspecified atom stereocenters. The van der Waals surface area contributed by atoms with Crippen LogP contribution in [0, 0.1) is 6.92 Å². The van der Waals surface area contributed by atoms with Crippen LogP contribution in [0.1, 0.15) is 5.69 Å². The van der Waals surface area contributed by atoms with Gasteiger partial charge in [-0.25, -0.2) is 0 Å². The molecule has 0 aliphatic heterocycles. The van der Waals surface area contributed by atoms with E-state index in [9.17, 15) is 0 Å². The monoisotopic (exact) mass is 371 g/mol. The second-order valence-corrected chi connectivity index (χ2v) is 6.60. The van der Waals surface area contributed by atoms with Crippen molar-refractivity contribution in [1.82, 2.24) is 24.8 Å². The minimum Gasteiger partial charge on any atom is -0.261 e. The Bertz CT molecular complexity index is 958. The van der Waals surface area contributed by atoms with E-state index < -0.39 is 0 Å². The van der Waals surface area contributed by atoms with Crippen LogP contribution in [-0.4, -0.2) is 24.8 Å². The Hall–Kier alpha value is -2.12. The molecule has 0 saturated heterocycles. The van der Waals surface area contributed by atoms with Crippen molar-refractivity contribution in [2.24, 2.45) is 0 Å². The number of pyridine rings is 1. The number of fused-ring (bicyclic) bond motifs is 1. The normalized spacial score (nSPS) is 11.2. The molecule has 0 atom stereocenters. The van der Waals surface area contributed by atoms with E-state index in [1.54, 1.807) is 4.52 Å². The molecule has 0 amide bonds. The molecule has 0 N–H and O–H groups in total. The highest BCUT2D eigenvalue weighted by Crippen LogP contribution is 2.30. The molecule has 0 fully saturated rings. The van der Waals surface area contributed by atoms with Crippen LogP contribution in [0.2, 0.25) is 0 Å². The zero-order valence-corrected chi connectivity index (χ0v) is 14.0. The highest BCUT2D eigenvalue weighted by atomic mass is 79.9. The van der Waals surface area contributed by atoms with Gasteiger partial charge in [0.1, 0.15) is 5.01 Å². The second-order valence-electron chi connectivity index (χ2n) is 4.79. The van der Waals surface area contributed by atoms with Gasteiger partial charge in [-0.1, -0.05) is 39.4 Å². The molecule has 108 valence electrons. The van der Waals surface area contributed by atoms with Crippen LogP contribution in [0.4, 0.5) is 0 Å². The smallest absolute Gasteiger partial charge is 0.235 e. The summed E-state index contributed by atoms with van der Waals surface area (Å²) in [5.41, 5.74) is 2.94. The third kappa shape index (κ3) is 2.22. The van der Waals surface area contributed by atoms with Crippen molar-refractivity contribution in [1.29, 1.82) is 0 Å². The van der Waals surface area contributed by atoms with E-state index in [1.165, 1.54) is 11.3 Å². The van der Waals surface area contributed by atoms with Crippen molar-refractivity contribution in [3.05, 3.63) is 52.8 Å².